The summed E-state index contributed by atoms with van der Waals surface area (Å²) in [5.74, 6) is 1.49. The van der Waals surface area contributed by atoms with Crippen LogP contribution in [0.15, 0.2) is 65.5 Å². The van der Waals surface area contributed by atoms with Gasteiger partial charge in [-0.1, -0.05) is 0 Å². The Hall–Kier alpha value is -4.34. The first-order valence-corrected chi connectivity index (χ1v) is 12.7. The quantitative estimate of drug-likeness (QED) is 0.445. The zero-order valence-corrected chi connectivity index (χ0v) is 20.9. The number of anilines is 5. The molecule has 2 aliphatic rings. The average molecular weight is 499 g/mol. The number of aromatic nitrogens is 3. The molecule has 0 unspecified atom stereocenters. The molecule has 0 bridgehead atoms. The molecule has 3 aromatic heterocycles. The second-order valence-corrected chi connectivity index (χ2v) is 9.36. The van der Waals surface area contributed by atoms with E-state index in [1.807, 2.05) is 35.4 Å². The highest BCUT2D eigenvalue weighted by Crippen LogP contribution is 2.29. The minimum atomic E-state index is 0.142. The van der Waals surface area contributed by atoms with Gasteiger partial charge in [0, 0.05) is 82.9 Å². The maximum absolute atomic E-state index is 11.6. The monoisotopic (exact) mass is 498 g/mol. The van der Waals surface area contributed by atoms with Gasteiger partial charge in [0.25, 0.3) is 0 Å². The summed E-state index contributed by atoms with van der Waals surface area (Å²) in [7, 11) is 0. The number of furan rings is 1. The molecule has 10 nitrogen and oxygen atoms in total. The highest BCUT2D eigenvalue weighted by molar-refractivity contribution is 5.86. The van der Waals surface area contributed by atoms with Crippen molar-refractivity contribution in [2.45, 2.75) is 6.92 Å². The van der Waals surface area contributed by atoms with Gasteiger partial charge in [0.2, 0.25) is 11.9 Å². The third-order valence-corrected chi connectivity index (χ3v) is 7.09. The van der Waals surface area contributed by atoms with Crippen molar-refractivity contribution in [1.82, 2.24) is 19.9 Å². The molecule has 190 valence electrons. The van der Waals surface area contributed by atoms with E-state index in [0.29, 0.717) is 11.5 Å². The third kappa shape index (κ3) is 4.87. The summed E-state index contributed by atoms with van der Waals surface area (Å²) >= 11 is 0. The van der Waals surface area contributed by atoms with Crippen molar-refractivity contribution >= 4 is 45.8 Å². The van der Waals surface area contributed by atoms with Crippen molar-refractivity contribution in [2.24, 2.45) is 0 Å². The van der Waals surface area contributed by atoms with Crippen LogP contribution >= 0.6 is 0 Å². The van der Waals surface area contributed by atoms with E-state index in [1.165, 1.54) is 0 Å². The number of rotatable bonds is 5. The molecule has 1 aromatic carbocycles. The van der Waals surface area contributed by atoms with Crippen molar-refractivity contribution in [3.05, 3.63) is 61.1 Å². The van der Waals surface area contributed by atoms with Gasteiger partial charge in [0.05, 0.1) is 18.1 Å². The molecule has 0 radical (unpaired) electrons. The number of nitrogens with one attached hydrogen (secondary N) is 1. The normalized spacial score (nSPS) is 16.4. The van der Waals surface area contributed by atoms with Gasteiger partial charge >= 0.3 is 0 Å². The summed E-state index contributed by atoms with van der Waals surface area (Å²) in [5.41, 5.74) is 4.69. The Balaban J connectivity index is 1.15. The molecule has 1 amide bonds. The van der Waals surface area contributed by atoms with Gasteiger partial charge in [-0.15, -0.1) is 0 Å². The molecule has 0 aliphatic carbocycles. The molecule has 5 heterocycles. The smallest absolute Gasteiger partial charge is 0.229 e. The van der Waals surface area contributed by atoms with E-state index in [2.05, 4.69) is 48.2 Å². The first kappa shape index (κ1) is 23.1. The number of piperazine rings is 2. The second-order valence-electron chi connectivity index (χ2n) is 9.36. The van der Waals surface area contributed by atoms with Crippen LogP contribution in [0.25, 0.3) is 11.1 Å². The van der Waals surface area contributed by atoms with Crippen molar-refractivity contribution < 1.29 is 9.21 Å². The molecule has 0 saturated carbocycles. The molecule has 0 spiro atoms. The van der Waals surface area contributed by atoms with Crippen LogP contribution < -0.4 is 20.0 Å². The Labute approximate surface area is 215 Å². The van der Waals surface area contributed by atoms with Crippen LogP contribution in [0.4, 0.5) is 28.8 Å². The summed E-state index contributed by atoms with van der Waals surface area (Å²) in [4.78, 5) is 34.2. The van der Waals surface area contributed by atoms with Gasteiger partial charge < -0.3 is 29.3 Å². The van der Waals surface area contributed by atoms with Crippen LogP contribution in [0.5, 0.6) is 0 Å². The van der Waals surface area contributed by atoms with E-state index in [0.717, 1.165) is 80.8 Å². The molecule has 4 aromatic rings. The molecule has 2 fully saturated rings. The maximum Gasteiger partial charge on any atom is 0.229 e. The topological polar surface area (TPSA) is 93.9 Å². The van der Waals surface area contributed by atoms with Crippen LogP contribution in [0.1, 0.15) is 6.92 Å². The lowest BCUT2D eigenvalue weighted by Gasteiger charge is -2.36. The fourth-order valence-corrected chi connectivity index (χ4v) is 5.00. The minimum Gasteiger partial charge on any atom is -0.459 e. The summed E-state index contributed by atoms with van der Waals surface area (Å²) in [6.07, 6.45) is 5.37. The van der Waals surface area contributed by atoms with Crippen molar-refractivity contribution in [3.8, 4) is 0 Å². The Morgan fingerprint density at radius 1 is 0.838 bits per heavy atom. The number of benzene rings is 1. The first-order valence-electron chi connectivity index (χ1n) is 12.7. The number of amides is 1. The Morgan fingerprint density at radius 3 is 2.24 bits per heavy atom. The highest BCUT2D eigenvalue weighted by atomic mass is 16.3. The fourth-order valence-electron chi connectivity index (χ4n) is 5.00. The number of hydrogen-bond donors (Lipinski definition) is 1. The van der Waals surface area contributed by atoms with Crippen molar-refractivity contribution in [1.29, 1.82) is 0 Å². The predicted octanol–water partition coefficient (Wildman–Crippen LogP) is 3.36. The molecular formula is C27H30N8O2. The molecule has 37 heavy (non-hydrogen) atoms. The summed E-state index contributed by atoms with van der Waals surface area (Å²) in [5, 5.41) is 3.37. The minimum absolute atomic E-state index is 0.142. The lowest BCUT2D eigenvalue weighted by Crippen LogP contribution is -2.48. The van der Waals surface area contributed by atoms with Crippen molar-refractivity contribution in [3.63, 3.8) is 0 Å². The fraction of sp³-hybridized carbons (Fsp3) is 0.333. The molecule has 2 aliphatic heterocycles. The second kappa shape index (κ2) is 9.96. The van der Waals surface area contributed by atoms with Crippen LogP contribution in [-0.4, -0.2) is 78.1 Å². The molecule has 1 N–H and O–H groups in total. The van der Waals surface area contributed by atoms with Crippen LogP contribution in [0, 0.1) is 0 Å². The predicted molar refractivity (Wildman–Crippen MR) is 145 cm³/mol. The van der Waals surface area contributed by atoms with E-state index in [1.54, 1.807) is 19.4 Å². The average Bonchev–Trinajstić information content (AvgIpc) is 3.42. The Bertz CT molecular complexity index is 1360. The molecular weight excluding hydrogens is 468 g/mol. The lowest BCUT2D eigenvalue weighted by atomic mass is 10.2. The molecule has 0 atom stereocenters. The summed E-state index contributed by atoms with van der Waals surface area (Å²) < 4.78 is 5.78. The SMILES string of the molecule is CC(=O)N1CCN(c2ccc(Nc3nc(N4CCN(c5cccnc5)CC4)c4occc4n3)cc2)CC1. The number of carbonyl (C=O) groups is 1. The number of pyridine rings is 1. The summed E-state index contributed by atoms with van der Waals surface area (Å²) in [6, 6.07) is 14.2. The van der Waals surface area contributed by atoms with Gasteiger partial charge in [0.1, 0.15) is 5.52 Å². The number of carbonyl (C=O) groups excluding carboxylic acids is 1. The number of fused-ring (bicyclic) bond motifs is 1. The highest BCUT2D eigenvalue weighted by Gasteiger charge is 2.23. The zero-order valence-electron chi connectivity index (χ0n) is 20.9. The van der Waals surface area contributed by atoms with E-state index in [9.17, 15) is 4.79 Å². The first-order chi connectivity index (χ1) is 18.1. The largest absolute Gasteiger partial charge is 0.459 e. The lowest BCUT2D eigenvalue weighted by molar-refractivity contribution is -0.129. The molecule has 10 heteroatoms. The third-order valence-electron chi connectivity index (χ3n) is 7.09. The van der Waals surface area contributed by atoms with Crippen LogP contribution in [0.2, 0.25) is 0 Å². The van der Waals surface area contributed by atoms with E-state index < -0.39 is 0 Å². The van der Waals surface area contributed by atoms with E-state index >= 15 is 0 Å². The van der Waals surface area contributed by atoms with Crippen LogP contribution in [0.3, 0.4) is 0 Å². The number of nitrogens with zero attached hydrogens (tertiary/aromatic N) is 7. The summed E-state index contributed by atoms with van der Waals surface area (Å²) in [6.45, 7) is 8.23. The molecule has 6 rings (SSSR count). The maximum atomic E-state index is 11.6. The van der Waals surface area contributed by atoms with E-state index in [4.69, 9.17) is 9.40 Å². The molecule has 2 saturated heterocycles. The van der Waals surface area contributed by atoms with Gasteiger partial charge in [-0.3, -0.25) is 9.78 Å². The van der Waals surface area contributed by atoms with Gasteiger partial charge in [0.15, 0.2) is 11.4 Å². The van der Waals surface area contributed by atoms with Gasteiger partial charge in [-0.25, -0.2) is 4.98 Å². The standard InChI is InChI=1S/C27H30N8O2/c1-20(36)32-10-12-33(13-11-32)22-6-4-21(5-7-22)29-27-30-24-8-18-37-25(24)26(31-27)35-16-14-34(15-17-35)23-3-2-9-28-19-23/h2-9,18-19H,10-17H2,1H3,(H,29,30,31). The Kier molecular flexibility index (Phi) is 6.21. The Morgan fingerprint density at radius 2 is 1.54 bits per heavy atom. The zero-order chi connectivity index (χ0) is 25.2. The van der Waals surface area contributed by atoms with E-state index in [-0.39, 0.29) is 5.91 Å². The van der Waals surface area contributed by atoms with Crippen LogP contribution in [-0.2, 0) is 4.79 Å². The van der Waals surface area contributed by atoms with Gasteiger partial charge in [-0.2, -0.15) is 4.98 Å². The number of hydrogen-bond acceptors (Lipinski definition) is 9. The van der Waals surface area contributed by atoms with Crippen molar-refractivity contribution in [2.75, 3.05) is 72.4 Å². The van der Waals surface area contributed by atoms with Gasteiger partial charge in [-0.05, 0) is 36.4 Å².